The lowest BCUT2D eigenvalue weighted by Gasteiger charge is -2.49. The van der Waals surface area contributed by atoms with Gasteiger partial charge in [-0.25, -0.2) is 0 Å². The van der Waals surface area contributed by atoms with Crippen molar-refractivity contribution in [3.05, 3.63) is 70.8 Å². The molecule has 3 aliphatic rings. The molecule has 0 radical (unpaired) electrons. The van der Waals surface area contributed by atoms with Crippen molar-refractivity contribution in [3.63, 3.8) is 0 Å². The summed E-state index contributed by atoms with van der Waals surface area (Å²) >= 11 is 0. The van der Waals surface area contributed by atoms with E-state index in [0.29, 0.717) is 12.1 Å². The van der Waals surface area contributed by atoms with E-state index in [1.165, 1.54) is 49.0 Å². The molecular formula is C26H33N3O. The second kappa shape index (κ2) is 8.16. The molecule has 3 aliphatic heterocycles. The number of benzene rings is 2. The first-order valence-corrected chi connectivity index (χ1v) is 11.5. The van der Waals surface area contributed by atoms with Crippen molar-refractivity contribution >= 4 is 5.91 Å². The summed E-state index contributed by atoms with van der Waals surface area (Å²) < 4.78 is 0. The number of nitrogens with one attached hydrogen (secondary N) is 1. The summed E-state index contributed by atoms with van der Waals surface area (Å²) in [5, 5.41) is 3.77. The van der Waals surface area contributed by atoms with Crippen molar-refractivity contribution < 1.29 is 4.79 Å². The Bertz CT molecular complexity index is 912. The van der Waals surface area contributed by atoms with Crippen LogP contribution in [0.15, 0.2) is 48.5 Å². The minimum atomic E-state index is 0.0536. The Morgan fingerprint density at radius 2 is 2.03 bits per heavy atom. The van der Waals surface area contributed by atoms with Crippen LogP contribution in [0.3, 0.4) is 0 Å². The number of nitrogens with zero attached hydrogens (tertiary/aromatic N) is 2. The molecule has 2 aromatic carbocycles. The Morgan fingerprint density at radius 3 is 2.87 bits per heavy atom. The molecule has 5 rings (SSSR count). The Labute approximate surface area is 180 Å². The summed E-state index contributed by atoms with van der Waals surface area (Å²) in [6, 6.07) is 17.9. The SMILES string of the molecule is C[C@H](c1ccccc1)N(C)C(=O)c1ccc2c(c1)CCN1C[C@H]3CCCN[C@H]3C[C@H]21. The van der Waals surface area contributed by atoms with E-state index in [9.17, 15) is 4.79 Å². The summed E-state index contributed by atoms with van der Waals surface area (Å²) in [5.74, 6) is 0.916. The standard InChI is InChI=1S/C26H33N3O/c1-18(19-7-4-3-5-8-19)28(2)26(30)21-10-11-23-20(15-21)12-14-29-17-22-9-6-13-27-24(22)16-25(23)29/h3-5,7-8,10-11,15,18,22,24-25,27H,6,9,12-14,16-17H2,1-2H3/t18-,22-,24+,25-/m1/s1. The maximum absolute atomic E-state index is 13.2. The van der Waals surface area contributed by atoms with Gasteiger partial charge in [0.15, 0.2) is 0 Å². The van der Waals surface area contributed by atoms with Gasteiger partial charge in [-0.1, -0.05) is 36.4 Å². The van der Waals surface area contributed by atoms with E-state index < -0.39 is 0 Å². The number of hydrogen-bond acceptors (Lipinski definition) is 3. The molecule has 0 aliphatic carbocycles. The van der Waals surface area contributed by atoms with Crippen LogP contribution in [0.1, 0.15) is 65.3 Å². The van der Waals surface area contributed by atoms with E-state index in [0.717, 1.165) is 24.4 Å². The van der Waals surface area contributed by atoms with E-state index in [-0.39, 0.29) is 11.9 Å². The molecule has 0 saturated carbocycles. The largest absolute Gasteiger partial charge is 0.335 e. The maximum Gasteiger partial charge on any atom is 0.254 e. The lowest BCUT2D eigenvalue weighted by atomic mass is 9.77. The zero-order valence-electron chi connectivity index (χ0n) is 18.2. The van der Waals surface area contributed by atoms with Gasteiger partial charge in [0.1, 0.15) is 0 Å². The van der Waals surface area contributed by atoms with Gasteiger partial charge in [-0.05, 0) is 73.9 Å². The lowest BCUT2D eigenvalue weighted by Crippen LogP contribution is -2.54. The number of rotatable bonds is 3. The van der Waals surface area contributed by atoms with E-state index in [1.807, 2.05) is 30.1 Å². The molecule has 30 heavy (non-hydrogen) atoms. The Hall–Kier alpha value is -2.17. The van der Waals surface area contributed by atoms with Crippen molar-refractivity contribution in [3.8, 4) is 0 Å². The van der Waals surface area contributed by atoms with Gasteiger partial charge in [-0.15, -0.1) is 0 Å². The van der Waals surface area contributed by atoms with Crippen LogP contribution < -0.4 is 5.32 Å². The van der Waals surface area contributed by atoms with Crippen LogP contribution in [0, 0.1) is 5.92 Å². The number of fused-ring (bicyclic) bond motifs is 4. The molecule has 1 N–H and O–H groups in total. The summed E-state index contributed by atoms with van der Waals surface area (Å²) in [4.78, 5) is 17.8. The van der Waals surface area contributed by atoms with Crippen LogP contribution in [0.2, 0.25) is 0 Å². The number of hydrogen-bond donors (Lipinski definition) is 1. The molecule has 4 nitrogen and oxygen atoms in total. The molecule has 4 heteroatoms. The van der Waals surface area contributed by atoms with E-state index in [1.54, 1.807) is 0 Å². The second-order valence-corrected chi connectivity index (χ2v) is 9.38. The van der Waals surface area contributed by atoms with Crippen molar-refractivity contribution in [1.82, 2.24) is 15.1 Å². The minimum Gasteiger partial charge on any atom is -0.335 e. The molecule has 2 aromatic rings. The van der Waals surface area contributed by atoms with Gasteiger partial charge in [-0.3, -0.25) is 9.69 Å². The molecule has 0 spiro atoms. The first-order valence-electron chi connectivity index (χ1n) is 11.5. The Balaban J connectivity index is 1.35. The fourth-order valence-corrected chi connectivity index (χ4v) is 5.78. The molecule has 0 bridgehead atoms. The zero-order valence-corrected chi connectivity index (χ0v) is 18.2. The second-order valence-electron chi connectivity index (χ2n) is 9.38. The van der Waals surface area contributed by atoms with E-state index in [4.69, 9.17) is 0 Å². The van der Waals surface area contributed by atoms with Crippen LogP contribution in [-0.2, 0) is 6.42 Å². The molecular weight excluding hydrogens is 370 g/mol. The Kier molecular flexibility index (Phi) is 5.38. The van der Waals surface area contributed by atoms with Gasteiger partial charge < -0.3 is 10.2 Å². The minimum absolute atomic E-state index is 0.0536. The van der Waals surface area contributed by atoms with Crippen molar-refractivity contribution in [2.24, 2.45) is 5.92 Å². The fourth-order valence-electron chi connectivity index (χ4n) is 5.78. The summed E-state index contributed by atoms with van der Waals surface area (Å²) in [7, 11) is 1.91. The summed E-state index contributed by atoms with van der Waals surface area (Å²) in [6.07, 6.45) is 4.94. The van der Waals surface area contributed by atoms with Crippen LogP contribution in [0.25, 0.3) is 0 Å². The number of amides is 1. The highest BCUT2D eigenvalue weighted by Gasteiger charge is 2.39. The highest BCUT2D eigenvalue weighted by Crippen LogP contribution is 2.40. The Morgan fingerprint density at radius 1 is 1.20 bits per heavy atom. The van der Waals surface area contributed by atoms with Crippen molar-refractivity contribution in [2.75, 3.05) is 26.7 Å². The van der Waals surface area contributed by atoms with Gasteiger partial charge in [0.2, 0.25) is 0 Å². The monoisotopic (exact) mass is 403 g/mol. The topological polar surface area (TPSA) is 35.6 Å². The molecule has 2 saturated heterocycles. The lowest BCUT2D eigenvalue weighted by molar-refractivity contribution is 0.0551. The van der Waals surface area contributed by atoms with Crippen LogP contribution in [-0.4, -0.2) is 48.4 Å². The van der Waals surface area contributed by atoms with E-state index >= 15 is 0 Å². The summed E-state index contributed by atoms with van der Waals surface area (Å²) in [5.41, 5.74) is 4.80. The molecule has 1 amide bonds. The quantitative estimate of drug-likeness (QED) is 0.835. The highest BCUT2D eigenvalue weighted by molar-refractivity contribution is 5.94. The zero-order chi connectivity index (χ0) is 20.7. The van der Waals surface area contributed by atoms with Gasteiger partial charge in [0.05, 0.1) is 6.04 Å². The maximum atomic E-state index is 13.2. The third kappa shape index (κ3) is 3.57. The molecule has 3 heterocycles. The summed E-state index contributed by atoms with van der Waals surface area (Å²) in [6.45, 7) is 5.60. The molecule has 158 valence electrons. The predicted octanol–water partition coefficient (Wildman–Crippen LogP) is 4.19. The third-order valence-corrected chi connectivity index (χ3v) is 7.71. The first kappa shape index (κ1) is 19.8. The van der Waals surface area contributed by atoms with Crippen LogP contribution >= 0.6 is 0 Å². The average molecular weight is 404 g/mol. The first-order chi connectivity index (χ1) is 14.6. The van der Waals surface area contributed by atoms with Gasteiger partial charge in [0, 0.05) is 37.8 Å². The van der Waals surface area contributed by atoms with Crippen molar-refractivity contribution in [1.29, 1.82) is 0 Å². The van der Waals surface area contributed by atoms with Gasteiger partial charge in [0.25, 0.3) is 5.91 Å². The van der Waals surface area contributed by atoms with E-state index in [2.05, 4.69) is 47.5 Å². The van der Waals surface area contributed by atoms with Crippen LogP contribution in [0.5, 0.6) is 0 Å². The predicted molar refractivity (Wildman–Crippen MR) is 121 cm³/mol. The average Bonchev–Trinajstić information content (AvgIpc) is 2.81. The fraction of sp³-hybridized carbons (Fsp3) is 0.500. The molecule has 0 aromatic heterocycles. The number of carbonyl (C=O) groups is 1. The smallest absolute Gasteiger partial charge is 0.254 e. The van der Waals surface area contributed by atoms with Gasteiger partial charge in [-0.2, -0.15) is 0 Å². The highest BCUT2D eigenvalue weighted by atomic mass is 16.2. The van der Waals surface area contributed by atoms with Crippen LogP contribution in [0.4, 0.5) is 0 Å². The number of piperidine rings is 2. The molecule has 2 fully saturated rings. The normalized spacial score (nSPS) is 26.8. The molecule has 0 unspecified atom stereocenters. The number of carbonyl (C=O) groups excluding carboxylic acids is 1. The third-order valence-electron chi connectivity index (χ3n) is 7.71. The van der Waals surface area contributed by atoms with Gasteiger partial charge >= 0.3 is 0 Å². The molecule has 4 atom stereocenters. The van der Waals surface area contributed by atoms with Crippen molar-refractivity contribution in [2.45, 2.75) is 50.7 Å².